The van der Waals surface area contributed by atoms with Crippen molar-refractivity contribution in [3.05, 3.63) is 18.0 Å². The average molecular weight is 194 g/mol. The van der Waals surface area contributed by atoms with Crippen LogP contribution in [0.2, 0.25) is 0 Å². The van der Waals surface area contributed by atoms with Gasteiger partial charge in [0.25, 0.3) is 0 Å². The molecule has 1 fully saturated rings. The SMILES string of the molecule is Cn1cc(N2CCOCC2)cc1C=O. The first-order chi connectivity index (χ1) is 6.81. The molecule has 1 saturated heterocycles. The van der Waals surface area contributed by atoms with Gasteiger partial charge in [-0.15, -0.1) is 0 Å². The molecule has 0 spiro atoms. The Labute approximate surface area is 83.1 Å². The van der Waals surface area contributed by atoms with Gasteiger partial charge in [-0.3, -0.25) is 4.79 Å². The first-order valence-electron chi connectivity index (χ1n) is 4.75. The van der Waals surface area contributed by atoms with Crippen LogP contribution in [0.4, 0.5) is 5.69 Å². The Morgan fingerprint density at radius 1 is 1.43 bits per heavy atom. The van der Waals surface area contributed by atoms with Crippen LogP contribution in [0.15, 0.2) is 12.3 Å². The number of rotatable bonds is 2. The molecule has 0 atom stereocenters. The highest BCUT2D eigenvalue weighted by Crippen LogP contribution is 2.17. The van der Waals surface area contributed by atoms with Crippen LogP contribution in [0.1, 0.15) is 10.5 Å². The molecule has 0 unspecified atom stereocenters. The molecule has 0 radical (unpaired) electrons. The smallest absolute Gasteiger partial charge is 0.166 e. The Bertz CT molecular complexity index is 327. The number of aryl methyl sites for hydroxylation is 1. The molecule has 2 rings (SSSR count). The van der Waals surface area contributed by atoms with Crippen LogP contribution in [-0.4, -0.2) is 37.2 Å². The molecule has 0 aliphatic carbocycles. The molecule has 1 aromatic rings. The highest BCUT2D eigenvalue weighted by molar-refractivity contribution is 5.75. The summed E-state index contributed by atoms with van der Waals surface area (Å²) in [7, 11) is 1.88. The lowest BCUT2D eigenvalue weighted by atomic mass is 10.3. The van der Waals surface area contributed by atoms with Gasteiger partial charge in [-0.1, -0.05) is 0 Å². The van der Waals surface area contributed by atoms with Crippen molar-refractivity contribution in [1.29, 1.82) is 0 Å². The zero-order valence-electron chi connectivity index (χ0n) is 8.27. The molecule has 0 bridgehead atoms. The lowest BCUT2D eigenvalue weighted by Gasteiger charge is -2.27. The van der Waals surface area contributed by atoms with E-state index < -0.39 is 0 Å². The third-order valence-corrected chi connectivity index (χ3v) is 2.53. The third-order valence-electron chi connectivity index (χ3n) is 2.53. The maximum atomic E-state index is 10.7. The Morgan fingerprint density at radius 2 is 2.14 bits per heavy atom. The van der Waals surface area contributed by atoms with E-state index >= 15 is 0 Å². The zero-order chi connectivity index (χ0) is 9.97. The van der Waals surface area contributed by atoms with E-state index in [1.807, 2.05) is 23.9 Å². The molecule has 1 aromatic heterocycles. The van der Waals surface area contributed by atoms with Crippen molar-refractivity contribution in [2.24, 2.45) is 7.05 Å². The highest BCUT2D eigenvalue weighted by atomic mass is 16.5. The minimum Gasteiger partial charge on any atom is -0.378 e. The molecule has 0 amide bonds. The predicted octanol–water partition coefficient (Wildman–Crippen LogP) is 0.674. The van der Waals surface area contributed by atoms with Crippen LogP contribution in [-0.2, 0) is 11.8 Å². The van der Waals surface area contributed by atoms with E-state index in [9.17, 15) is 4.79 Å². The molecule has 0 N–H and O–H groups in total. The van der Waals surface area contributed by atoms with E-state index in [1.165, 1.54) is 0 Å². The number of aromatic nitrogens is 1. The monoisotopic (exact) mass is 194 g/mol. The van der Waals surface area contributed by atoms with Gasteiger partial charge < -0.3 is 14.2 Å². The quantitative estimate of drug-likeness (QED) is 0.649. The lowest BCUT2D eigenvalue weighted by Crippen LogP contribution is -2.35. The molecular weight excluding hydrogens is 180 g/mol. The van der Waals surface area contributed by atoms with Gasteiger partial charge in [0.2, 0.25) is 0 Å². The summed E-state index contributed by atoms with van der Waals surface area (Å²) in [5.74, 6) is 0. The third kappa shape index (κ3) is 1.65. The standard InChI is InChI=1S/C10H14N2O2/c1-11-7-9(6-10(11)8-13)12-2-4-14-5-3-12/h6-8H,2-5H2,1H3. The first kappa shape index (κ1) is 9.27. The van der Waals surface area contributed by atoms with Gasteiger partial charge in [-0.05, 0) is 6.07 Å². The number of carbonyl (C=O) groups is 1. The summed E-state index contributed by atoms with van der Waals surface area (Å²) in [5, 5.41) is 0. The molecule has 0 saturated carbocycles. The van der Waals surface area contributed by atoms with Crippen LogP contribution < -0.4 is 4.90 Å². The van der Waals surface area contributed by atoms with Crippen LogP contribution in [0.5, 0.6) is 0 Å². The molecular formula is C10H14N2O2. The molecule has 76 valence electrons. The Morgan fingerprint density at radius 3 is 2.71 bits per heavy atom. The van der Waals surface area contributed by atoms with Crippen molar-refractivity contribution in [2.75, 3.05) is 31.2 Å². The normalized spacial score (nSPS) is 17.1. The number of hydrogen-bond donors (Lipinski definition) is 0. The Hall–Kier alpha value is -1.29. The number of ether oxygens (including phenoxy) is 1. The minimum absolute atomic E-state index is 0.714. The largest absolute Gasteiger partial charge is 0.378 e. The fourth-order valence-electron chi connectivity index (χ4n) is 1.68. The fraction of sp³-hybridized carbons (Fsp3) is 0.500. The molecule has 14 heavy (non-hydrogen) atoms. The summed E-state index contributed by atoms with van der Waals surface area (Å²) >= 11 is 0. The van der Waals surface area contributed by atoms with E-state index in [4.69, 9.17) is 4.74 Å². The van der Waals surface area contributed by atoms with Gasteiger partial charge in [0.05, 0.1) is 24.6 Å². The molecule has 0 aromatic carbocycles. The number of morpholine rings is 1. The van der Waals surface area contributed by atoms with Crippen LogP contribution in [0.25, 0.3) is 0 Å². The fourth-order valence-corrected chi connectivity index (χ4v) is 1.68. The molecule has 2 heterocycles. The summed E-state index contributed by atoms with van der Waals surface area (Å²) in [6.07, 6.45) is 2.86. The highest BCUT2D eigenvalue weighted by Gasteiger charge is 2.13. The van der Waals surface area contributed by atoms with Gasteiger partial charge in [0.1, 0.15) is 0 Å². The summed E-state index contributed by atoms with van der Waals surface area (Å²) < 4.78 is 7.11. The van der Waals surface area contributed by atoms with Crippen molar-refractivity contribution in [2.45, 2.75) is 0 Å². The van der Waals surface area contributed by atoms with Gasteiger partial charge in [0, 0.05) is 26.3 Å². The van der Waals surface area contributed by atoms with Crippen molar-refractivity contribution in [1.82, 2.24) is 4.57 Å². The second-order valence-electron chi connectivity index (χ2n) is 3.45. The van der Waals surface area contributed by atoms with Crippen molar-refractivity contribution in [3.63, 3.8) is 0 Å². The summed E-state index contributed by atoms with van der Waals surface area (Å²) in [6.45, 7) is 3.35. The van der Waals surface area contributed by atoms with Gasteiger partial charge in [0.15, 0.2) is 6.29 Å². The summed E-state index contributed by atoms with van der Waals surface area (Å²) in [5.41, 5.74) is 1.82. The van der Waals surface area contributed by atoms with E-state index in [0.29, 0.717) is 5.69 Å². The minimum atomic E-state index is 0.714. The number of aldehydes is 1. The maximum Gasteiger partial charge on any atom is 0.166 e. The topological polar surface area (TPSA) is 34.5 Å². The van der Waals surface area contributed by atoms with Gasteiger partial charge in [-0.25, -0.2) is 0 Å². The summed E-state index contributed by atoms with van der Waals surface area (Å²) in [6, 6.07) is 1.92. The van der Waals surface area contributed by atoms with E-state index in [1.54, 1.807) is 0 Å². The molecule has 1 aliphatic heterocycles. The Kier molecular flexibility index (Phi) is 2.54. The van der Waals surface area contributed by atoms with Crippen molar-refractivity contribution >= 4 is 12.0 Å². The van der Waals surface area contributed by atoms with Crippen LogP contribution in [0, 0.1) is 0 Å². The second kappa shape index (κ2) is 3.84. The molecule has 4 heteroatoms. The maximum absolute atomic E-state index is 10.7. The lowest BCUT2D eigenvalue weighted by molar-refractivity contribution is 0.111. The summed E-state index contributed by atoms with van der Waals surface area (Å²) in [4.78, 5) is 12.9. The average Bonchev–Trinajstić information content (AvgIpc) is 2.61. The van der Waals surface area contributed by atoms with Gasteiger partial charge in [-0.2, -0.15) is 0 Å². The van der Waals surface area contributed by atoms with E-state index in [-0.39, 0.29) is 0 Å². The van der Waals surface area contributed by atoms with Gasteiger partial charge >= 0.3 is 0 Å². The predicted molar refractivity (Wildman–Crippen MR) is 53.8 cm³/mol. The molecule has 4 nitrogen and oxygen atoms in total. The van der Waals surface area contributed by atoms with E-state index in [2.05, 4.69) is 4.90 Å². The second-order valence-corrected chi connectivity index (χ2v) is 3.45. The van der Waals surface area contributed by atoms with Crippen molar-refractivity contribution in [3.8, 4) is 0 Å². The number of hydrogen-bond acceptors (Lipinski definition) is 3. The number of carbonyl (C=O) groups excluding carboxylic acids is 1. The van der Waals surface area contributed by atoms with Crippen molar-refractivity contribution < 1.29 is 9.53 Å². The van der Waals surface area contributed by atoms with Crippen LogP contribution in [0.3, 0.4) is 0 Å². The number of anilines is 1. The zero-order valence-corrected chi connectivity index (χ0v) is 8.27. The van der Waals surface area contributed by atoms with Crippen LogP contribution >= 0.6 is 0 Å². The van der Waals surface area contributed by atoms with E-state index in [0.717, 1.165) is 38.3 Å². The molecule has 1 aliphatic rings. The Balaban J connectivity index is 2.18. The number of nitrogens with zero attached hydrogens (tertiary/aromatic N) is 2. The first-order valence-corrected chi connectivity index (χ1v) is 4.75.